The topological polar surface area (TPSA) is 104 Å². The summed E-state index contributed by atoms with van der Waals surface area (Å²) in [5.74, 6) is -0.825. The predicted octanol–water partition coefficient (Wildman–Crippen LogP) is 2.56. The number of amides is 1. The maximum Gasteiger partial charge on any atom is 0.390 e. The lowest BCUT2D eigenvalue weighted by Crippen LogP contribution is -2.30. The largest absolute Gasteiger partial charge is 0.390 e. The number of nitro groups is 1. The van der Waals surface area contributed by atoms with Gasteiger partial charge in [0.2, 0.25) is 0 Å². The molecule has 2 N–H and O–H groups in total. The van der Waals surface area contributed by atoms with Crippen LogP contribution in [-0.2, 0) is 0 Å². The third-order valence-electron chi connectivity index (χ3n) is 3.85. The molecule has 1 fully saturated rings. The summed E-state index contributed by atoms with van der Waals surface area (Å²) in [5, 5.41) is 19.3. The smallest absolute Gasteiger partial charge is 0.370 e. The van der Waals surface area contributed by atoms with Gasteiger partial charge < -0.3 is 20.3 Å². The number of rotatable bonds is 4. The molecule has 1 aliphatic rings. The van der Waals surface area contributed by atoms with Crippen molar-refractivity contribution in [2.45, 2.75) is 19.3 Å². The Balaban J connectivity index is 1.79. The molecule has 0 bridgehead atoms. The summed E-state index contributed by atoms with van der Waals surface area (Å²) in [4.78, 5) is 24.5. The van der Waals surface area contributed by atoms with Gasteiger partial charge >= 0.3 is 5.82 Å². The Hall–Kier alpha value is -2.90. The van der Waals surface area contributed by atoms with Gasteiger partial charge in [0.1, 0.15) is 0 Å². The number of carbonyl (C=O) groups is 1. The first-order valence-electron chi connectivity index (χ1n) is 7.50. The summed E-state index contributed by atoms with van der Waals surface area (Å²) in [5.41, 5.74) is 1.72. The number of para-hydroxylation sites is 2. The average Bonchev–Trinajstić information content (AvgIpc) is 3.07. The van der Waals surface area contributed by atoms with Crippen LogP contribution in [0.2, 0.25) is 0 Å². The lowest BCUT2D eigenvalue weighted by molar-refractivity contribution is -0.389. The zero-order valence-electron chi connectivity index (χ0n) is 12.5. The van der Waals surface area contributed by atoms with Crippen molar-refractivity contribution in [1.82, 2.24) is 10.2 Å². The highest BCUT2D eigenvalue weighted by Gasteiger charge is 2.20. The standard InChI is InChI=1S/C15H17N5O3/c21-15(12-10-14(18-17-12)20(22)23)16-11-6-2-3-7-13(11)19-8-4-1-5-9-19/h2-3,6-7,10H,1,4-5,8-9H2,(H,16,21)(H,17,18). The number of nitrogens with zero attached hydrogens (tertiary/aromatic N) is 3. The van der Waals surface area contributed by atoms with Crippen molar-refractivity contribution in [2.75, 3.05) is 23.3 Å². The quantitative estimate of drug-likeness (QED) is 0.666. The van der Waals surface area contributed by atoms with Crippen LogP contribution in [0.5, 0.6) is 0 Å². The van der Waals surface area contributed by atoms with Crippen LogP contribution >= 0.6 is 0 Å². The van der Waals surface area contributed by atoms with E-state index in [9.17, 15) is 14.9 Å². The number of benzene rings is 1. The molecule has 0 unspecified atom stereocenters. The summed E-state index contributed by atoms with van der Waals surface area (Å²) < 4.78 is 0. The number of carbonyl (C=O) groups excluding carboxylic acids is 1. The van der Waals surface area contributed by atoms with Gasteiger partial charge in [-0.05, 0) is 36.3 Å². The van der Waals surface area contributed by atoms with Crippen molar-refractivity contribution in [2.24, 2.45) is 0 Å². The van der Waals surface area contributed by atoms with Gasteiger partial charge in [0.15, 0.2) is 5.69 Å². The zero-order chi connectivity index (χ0) is 16.2. The Morgan fingerprint density at radius 3 is 2.70 bits per heavy atom. The van der Waals surface area contributed by atoms with Crippen molar-refractivity contribution < 1.29 is 9.72 Å². The number of nitrogens with one attached hydrogen (secondary N) is 2. The number of piperidine rings is 1. The van der Waals surface area contributed by atoms with E-state index in [0.717, 1.165) is 37.7 Å². The third kappa shape index (κ3) is 3.31. The van der Waals surface area contributed by atoms with Crippen LogP contribution in [0.25, 0.3) is 0 Å². The van der Waals surface area contributed by atoms with Crippen molar-refractivity contribution in [1.29, 1.82) is 0 Å². The number of H-pyrrole nitrogens is 1. The van der Waals surface area contributed by atoms with E-state index in [0.29, 0.717) is 5.69 Å². The highest BCUT2D eigenvalue weighted by Crippen LogP contribution is 2.28. The van der Waals surface area contributed by atoms with Gasteiger partial charge in [-0.3, -0.25) is 4.79 Å². The number of aromatic nitrogens is 2. The Bertz CT molecular complexity index is 721. The normalized spacial score (nSPS) is 14.5. The molecule has 0 aliphatic carbocycles. The lowest BCUT2D eigenvalue weighted by Gasteiger charge is -2.30. The van der Waals surface area contributed by atoms with E-state index < -0.39 is 10.8 Å². The SMILES string of the molecule is O=C(Nc1ccccc1N1CCCCC1)c1cc([N+](=O)[O-])n[nH]1. The summed E-state index contributed by atoms with van der Waals surface area (Å²) in [7, 11) is 0. The van der Waals surface area contributed by atoms with Gasteiger partial charge in [0.05, 0.1) is 22.5 Å². The Morgan fingerprint density at radius 2 is 2.00 bits per heavy atom. The van der Waals surface area contributed by atoms with Crippen LogP contribution in [0.3, 0.4) is 0 Å². The maximum absolute atomic E-state index is 12.3. The molecule has 120 valence electrons. The van der Waals surface area contributed by atoms with Crippen molar-refractivity contribution >= 4 is 23.1 Å². The second-order valence-corrected chi connectivity index (χ2v) is 5.42. The number of aromatic amines is 1. The molecule has 1 saturated heterocycles. The fraction of sp³-hybridized carbons (Fsp3) is 0.333. The molecule has 23 heavy (non-hydrogen) atoms. The highest BCUT2D eigenvalue weighted by molar-refractivity contribution is 6.04. The van der Waals surface area contributed by atoms with Gasteiger partial charge in [0, 0.05) is 13.1 Å². The first-order valence-corrected chi connectivity index (χ1v) is 7.50. The molecule has 8 heteroatoms. The molecule has 0 atom stereocenters. The second-order valence-electron chi connectivity index (χ2n) is 5.42. The monoisotopic (exact) mass is 315 g/mol. The van der Waals surface area contributed by atoms with Crippen molar-refractivity contribution in [3.8, 4) is 0 Å². The summed E-state index contributed by atoms with van der Waals surface area (Å²) >= 11 is 0. The van der Waals surface area contributed by atoms with Crippen LogP contribution in [0, 0.1) is 10.1 Å². The molecule has 1 aliphatic heterocycles. The molecule has 1 aromatic carbocycles. The van der Waals surface area contributed by atoms with E-state index >= 15 is 0 Å². The summed E-state index contributed by atoms with van der Waals surface area (Å²) in [6.07, 6.45) is 3.49. The fourth-order valence-corrected chi connectivity index (χ4v) is 2.70. The highest BCUT2D eigenvalue weighted by atomic mass is 16.6. The van der Waals surface area contributed by atoms with Crippen molar-refractivity contribution in [3.05, 3.63) is 46.1 Å². The fourth-order valence-electron chi connectivity index (χ4n) is 2.70. The second kappa shape index (κ2) is 6.47. The maximum atomic E-state index is 12.3. The van der Waals surface area contributed by atoms with Gasteiger partial charge in [0.25, 0.3) is 5.91 Å². The average molecular weight is 315 g/mol. The summed E-state index contributed by atoms with van der Waals surface area (Å²) in [6.45, 7) is 1.92. The lowest BCUT2D eigenvalue weighted by atomic mass is 10.1. The molecule has 0 radical (unpaired) electrons. The summed E-state index contributed by atoms with van der Waals surface area (Å²) in [6, 6.07) is 8.70. The van der Waals surface area contributed by atoms with E-state index in [2.05, 4.69) is 20.4 Å². The molecule has 2 heterocycles. The molecule has 1 aromatic heterocycles. The number of hydrogen-bond acceptors (Lipinski definition) is 5. The van der Waals surface area contributed by atoms with Crippen LogP contribution < -0.4 is 10.2 Å². The van der Waals surface area contributed by atoms with E-state index in [-0.39, 0.29) is 11.5 Å². The van der Waals surface area contributed by atoms with E-state index in [1.54, 1.807) is 0 Å². The van der Waals surface area contributed by atoms with Crippen LogP contribution in [0.4, 0.5) is 17.2 Å². The molecular formula is C15H17N5O3. The minimum Gasteiger partial charge on any atom is -0.370 e. The van der Waals surface area contributed by atoms with Gasteiger partial charge in [-0.1, -0.05) is 12.1 Å². The predicted molar refractivity (Wildman–Crippen MR) is 85.7 cm³/mol. The van der Waals surface area contributed by atoms with Gasteiger partial charge in [-0.25, -0.2) is 0 Å². The molecular weight excluding hydrogens is 298 g/mol. The molecule has 0 saturated carbocycles. The minimum absolute atomic E-state index is 0.0603. The van der Waals surface area contributed by atoms with Crippen molar-refractivity contribution in [3.63, 3.8) is 0 Å². The van der Waals surface area contributed by atoms with Gasteiger partial charge in [-0.2, -0.15) is 5.10 Å². The van der Waals surface area contributed by atoms with Crippen LogP contribution in [0.15, 0.2) is 30.3 Å². The first kappa shape index (κ1) is 15.0. The molecule has 3 rings (SSSR count). The Kier molecular flexibility index (Phi) is 4.22. The molecule has 8 nitrogen and oxygen atoms in total. The Labute approximate surface area is 132 Å². The first-order chi connectivity index (χ1) is 11.1. The van der Waals surface area contributed by atoms with E-state index in [1.165, 1.54) is 6.42 Å². The van der Waals surface area contributed by atoms with Gasteiger partial charge in [-0.15, -0.1) is 0 Å². The Morgan fingerprint density at radius 1 is 1.26 bits per heavy atom. The number of anilines is 2. The zero-order valence-corrected chi connectivity index (χ0v) is 12.5. The molecule has 2 aromatic rings. The van der Waals surface area contributed by atoms with Crippen LogP contribution in [0.1, 0.15) is 29.8 Å². The molecule has 1 amide bonds. The third-order valence-corrected chi connectivity index (χ3v) is 3.85. The minimum atomic E-state index is -0.644. The molecule has 0 spiro atoms. The van der Waals surface area contributed by atoms with E-state index in [1.807, 2.05) is 24.3 Å². The number of hydrogen-bond donors (Lipinski definition) is 2. The van der Waals surface area contributed by atoms with Crippen LogP contribution in [-0.4, -0.2) is 34.1 Å². The van der Waals surface area contributed by atoms with E-state index in [4.69, 9.17) is 0 Å².